The summed E-state index contributed by atoms with van der Waals surface area (Å²) in [4.78, 5) is 31.4. The third-order valence-corrected chi connectivity index (χ3v) is 5.47. The molecule has 0 spiro atoms. The molecule has 0 bridgehead atoms. The molecular formula is C26H26FN5O4. The lowest BCUT2D eigenvalue weighted by Crippen LogP contribution is -2.49. The molecular weight excluding hydrogens is 465 g/mol. The van der Waals surface area contributed by atoms with Gasteiger partial charge in [-0.1, -0.05) is 24.0 Å². The molecule has 2 amide bonds. The van der Waals surface area contributed by atoms with Crippen molar-refractivity contribution in [2.24, 2.45) is 0 Å². The topological polar surface area (TPSA) is 120 Å². The number of ether oxygens (including phenoxy) is 1. The summed E-state index contributed by atoms with van der Waals surface area (Å²) in [5.74, 6) is 4.78. The maximum absolute atomic E-state index is 14.1. The smallest absolute Gasteiger partial charge is 0.291 e. The Hall–Kier alpha value is -4.23. The fraction of sp³-hybridized carbons (Fsp3) is 0.308. The number of hydrogen-bond acceptors (Lipinski definition) is 6. The van der Waals surface area contributed by atoms with Crippen LogP contribution in [0.2, 0.25) is 0 Å². The van der Waals surface area contributed by atoms with Crippen molar-refractivity contribution in [3.05, 3.63) is 70.6 Å². The SMILES string of the molecule is Cc1ccc(Cc2nc(C(=O)NC3COc4ccc(C#CC(C)(C)O)cc4N(C)C3=O)n[nH]2)c(F)c1. The molecule has 1 atom stereocenters. The zero-order chi connectivity index (χ0) is 26.0. The predicted molar refractivity (Wildman–Crippen MR) is 130 cm³/mol. The van der Waals surface area contributed by atoms with Gasteiger partial charge in [-0.05, 0) is 56.2 Å². The van der Waals surface area contributed by atoms with E-state index >= 15 is 0 Å². The van der Waals surface area contributed by atoms with Crippen molar-refractivity contribution < 1.29 is 23.8 Å². The van der Waals surface area contributed by atoms with Gasteiger partial charge < -0.3 is 20.1 Å². The minimum absolute atomic E-state index is 0.0948. The Morgan fingerprint density at radius 2 is 2.11 bits per heavy atom. The number of aromatic nitrogens is 3. The molecule has 186 valence electrons. The summed E-state index contributed by atoms with van der Waals surface area (Å²) in [6.07, 6.45) is 0.134. The average Bonchev–Trinajstić information content (AvgIpc) is 3.25. The van der Waals surface area contributed by atoms with Gasteiger partial charge in [-0.2, -0.15) is 0 Å². The summed E-state index contributed by atoms with van der Waals surface area (Å²) in [7, 11) is 1.57. The predicted octanol–water partition coefficient (Wildman–Crippen LogP) is 2.12. The molecule has 0 saturated carbocycles. The Labute approximate surface area is 207 Å². The number of carbonyl (C=O) groups is 2. The number of benzene rings is 2. The van der Waals surface area contributed by atoms with E-state index in [9.17, 15) is 19.1 Å². The van der Waals surface area contributed by atoms with Crippen molar-refractivity contribution in [1.82, 2.24) is 20.5 Å². The summed E-state index contributed by atoms with van der Waals surface area (Å²) in [5, 5.41) is 19.0. The van der Waals surface area contributed by atoms with E-state index in [0.717, 1.165) is 5.56 Å². The van der Waals surface area contributed by atoms with Crippen LogP contribution in [-0.4, -0.2) is 57.4 Å². The molecule has 10 heteroatoms. The zero-order valence-corrected chi connectivity index (χ0v) is 20.3. The Morgan fingerprint density at radius 3 is 2.83 bits per heavy atom. The van der Waals surface area contributed by atoms with Crippen LogP contribution in [0.4, 0.5) is 10.1 Å². The van der Waals surface area contributed by atoms with Gasteiger partial charge in [0.2, 0.25) is 5.82 Å². The number of aromatic amines is 1. The number of amides is 2. The average molecular weight is 492 g/mol. The summed E-state index contributed by atoms with van der Waals surface area (Å²) in [6.45, 7) is 4.85. The largest absolute Gasteiger partial charge is 0.489 e. The van der Waals surface area contributed by atoms with Crippen LogP contribution in [0, 0.1) is 24.6 Å². The highest BCUT2D eigenvalue weighted by Crippen LogP contribution is 2.31. The second-order valence-corrected chi connectivity index (χ2v) is 9.10. The first kappa shape index (κ1) is 24.9. The van der Waals surface area contributed by atoms with Gasteiger partial charge in [-0.25, -0.2) is 9.37 Å². The summed E-state index contributed by atoms with van der Waals surface area (Å²) in [5.41, 5.74) is 1.14. The molecule has 3 N–H and O–H groups in total. The van der Waals surface area contributed by atoms with Crippen molar-refractivity contribution in [2.45, 2.75) is 38.8 Å². The van der Waals surface area contributed by atoms with Gasteiger partial charge in [0.05, 0.1) is 5.69 Å². The van der Waals surface area contributed by atoms with E-state index in [1.54, 1.807) is 58.2 Å². The Kier molecular flexibility index (Phi) is 6.77. The van der Waals surface area contributed by atoms with Gasteiger partial charge in [0.15, 0.2) is 0 Å². The normalized spacial score (nSPS) is 15.3. The number of halogens is 1. The molecule has 0 saturated heterocycles. The van der Waals surface area contributed by atoms with Crippen LogP contribution < -0.4 is 15.0 Å². The van der Waals surface area contributed by atoms with Crippen LogP contribution in [0.1, 0.15) is 47.0 Å². The van der Waals surface area contributed by atoms with Gasteiger partial charge in [0.1, 0.15) is 35.6 Å². The minimum atomic E-state index is -1.16. The molecule has 2 heterocycles. The van der Waals surface area contributed by atoms with Gasteiger partial charge >= 0.3 is 0 Å². The van der Waals surface area contributed by atoms with Gasteiger partial charge in [-0.3, -0.25) is 14.7 Å². The molecule has 9 nitrogen and oxygen atoms in total. The standard InChI is InChI=1S/C26H26FN5O4/c1-15-5-7-17(18(27)11-15)13-22-29-23(31-30-22)24(33)28-19-14-36-21-8-6-16(9-10-26(2,3)35)12-20(21)32(4)25(19)34/h5-8,11-12,19,35H,13-14H2,1-4H3,(H,28,33)(H,29,30,31). The number of rotatable bonds is 4. The summed E-state index contributed by atoms with van der Waals surface area (Å²) < 4.78 is 19.9. The maximum atomic E-state index is 14.1. The van der Waals surface area contributed by atoms with Gasteiger partial charge in [0.25, 0.3) is 11.8 Å². The number of nitrogens with one attached hydrogen (secondary N) is 2. The van der Waals surface area contributed by atoms with Crippen LogP contribution in [0.25, 0.3) is 0 Å². The number of hydrogen-bond donors (Lipinski definition) is 3. The summed E-state index contributed by atoms with van der Waals surface area (Å²) >= 11 is 0. The Balaban J connectivity index is 1.46. The number of fused-ring (bicyclic) bond motifs is 1. The highest BCUT2D eigenvalue weighted by molar-refractivity contribution is 6.02. The third kappa shape index (κ3) is 5.70. The molecule has 1 aromatic heterocycles. The van der Waals surface area contributed by atoms with Crippen LogP contribution in [0.5, 0.6) is 5.75 Å². The molecule has 0 aliphatic carbocycles. The van der Waals surface area contributed by atoms with Crippen LogP contribution in [0.3, 0.4) is 0 Å². The number of anilines is 1. The number of H-pyrrole nitrogens is 1. The van der Waals surface area contributed by atoms with Gasteiger partial charge in [-0.15, -0.1) is 5.10 Å². The first-order valence-electron chi connectivity index (χ1n) is 11.3. The Morgan fingerprint density at radius 1 is 1.33 bits per heavy atom. The van der Waals surface area contributed by atoms with Crippen molar-refractivity contribution in [1.29, 1.82) is 0 Å². The summed E-state index contributed by atoms with van der Waals surface area (Å²) in [6, 6.07) is 8.97. The molecule has 1 aliphatic heterocycles. The highest BCUT2D eigenvalue weighted by Gasteiger charge is 2.31. The van der Waals surface area contributed by atoms with Crippen molar-refractivity contribution in [2.75, 3.05) is 18.6 Å². The van der Waals surface area contributed by atoms with E-state index in [1.807, 2.05) is 0 Å². The first-order chi connectivity index (χ1) is 17.0. The second-order valence-electron chi connectivity index (χ2n) is 9.10. The highest BCUT2D eigenvalue weighted by atomic mass is 19.1. The van der Waals surface area contributed by atoms with E-state index < -0.39 is 23.5 Å². The number of carbonyl (C=O) groups excluding carboxylic acids is 2. The van der Waals surface area contributed by atoms with E-state index in [-0.39, 0.29) is 24.7 Å². The monoisotopic (exact) mass is 491 g/mol. The number of aryl methyl sites for hydroxylation is 1. The van der Waals surface area contributed by atoms with E-state index in [4.69, 9.17) is 4.74 Å². The lowest BCUT2D eigenvalue weighted by molar-refractivity contribution is -0.120. The number of aliphatic hydroxyl groups is 1. The lowest BCUT2D eigenvalue weighted by Gasteiger charge is -2.20. The van der Waals surface area contributed by atoms with Crippen molar-refractivity contribution >= 4 is 17.5 Å². The molecule has 0 fully saturated rings. The quantitative estimate of drug-likeness (QED) is 0.481. The molecule has 1 aliphatic rings. The van der Waals surface area contributed by atoms with Crippen molar-refractivity contribution in [3.63, 3.8) is 0 Å². The molecule has 3 aromatic rings. The maximum Gasteiger partial charge on any atom is 0.291 e. The fourth-order valence-electron chi connectivity index (χ4n) is 3.58. The van der Waals surface area contributed by atoms with Crippen molar-refractivity contribution in [3.8, 4) is 17.6 Å². The Bertz CT molecular complexity index is 1380. The van der Waals surface area contributed by atoms with Crippen LogP contribution in [-0.2, 0) is 11.2 Å². The molecule has 4 rings (SSSR count). The van der Waals surface area contributed by atoms with Crippen LogP contribution in [0.15, 0.2) is 36.4 Å². The van der Waals surface area contributed by atoms with E-state index in [2.05, 4.69) is 32.3 Å². The minimum Gasteiger partial charge on any atom is -0.489 e. The van der Waals surface area contributed by atoms with Gasteiger partial charge in [0, 0.05) is 19.0 Å². The molecule has 36 heavy (non-hydrogen) atoms. The number of likely N-dealkylation sites (N-methyl/N-ethyl adjacent to an activating group) is 1. The molecule has 2 aromatic carbocycles. The first-order valence-corrected chi connectivity index (χ1v) is 11.3. The fourth-order valence-corrected chi connectivity index (χ4v) is 3.58. The molecule has 0 radical (unpaired) electrons. The van der Waals surface area contributed by atoms with E-state index in [1.165, 1.54) is 11.0 Å². The second kappa shape index (κ2) is 9.79. The molecule has 1 unspecified atom stereocenters. The third-order valence-electron chi connectivity index (χ3n) is 5.47. The lowest BCUT2D eigenvalue weighted by atomic mass is 10.1. The zero-order valence-electron chi connectivity index (χ0n) is 20.3. The van der Waals surface area contributed by atoms with E-state index in [0.29, 0.717) is 28.4 Å². The number of nitrogens with zero attached hydrogens (tertiary/aromatic N) is 3. The van der Waals surface area contributed by atoms with Crippen LogP contribution >= 0.6 is 0 Å².